The summed E-state index contributed by atoms with van der Waals surface area (Å²) < 4.78 is 7.21. The van der Waals surface area contributed by atoms with Gasteiger partial charge in [0.15, 0.2) is 5.78 Å². The number of carbonyl (C=O) groups is 1. The molecule has 104 valence electrons. The molecule has 0 aliphatic heterocycles. The maximum atomic E-state index is 12.3. The number of halogens is 1. The summed E-state index contributed by atoms with van der Waals surface area (Å²) in [5, 5.41) is 0. The summed E-state index contributed by atoms with van der Waals surface area (Å²) in [5.74, 6) is 0.353. The lowest BCUT2D eigenvalue weighted by molar-refractivity contribution is 0.0966. The minimum atomic E-state index is -0.220. The largest absolute Gasteiger partial charge is 0.493 e. The number of ketones is 1. The van der Waals surface area contributed by atoms with Crippen LogP contribution in [0.15, 0.2) is 41.6 Å². The highest BCUT2D eigenvalue weighted by molar-refractivity contribution is 14.1. The van der Waals surface area contributed by atoms with Crippen LogP contribution < -0.4 is 10.3 Å². The molecule has 0 amide bonds. The first-order chi connectivity index (χ1) is 9.63. The van der Waals surface area contributed by atoms with E-state index in [0.29, 0.717) is 21.5 Å². The third-order valence-corrected chi connectivity index (χ3v) is 3.40. The smallest absolute Gasteiger partial charge is 0.267 e. The standard InChI is InChI=1S/C14H13IN2O3/c1-2-20-13-6-4-3-5-10(13)12(18)8-17-9-16-7-11(15)14(17)19/h3-7,9H,2,8H2,1H3. The Hall–Kier alpha value is -1.70. The first-order valence-corrected chi connectivity index (χ1v) is 7.16. The van der Waals surface area contributed by atoms with Gasteiger partial charge >= 0.3 is 0 Å². The molecule has 0 spiro atoms. The molecule has 1 heterocycles. The van der Waals surface area contributed by atoms with E-state index >= 15 is 0 Å². The minimum Gasteiger partial charge on any atom is -0.493 e. The Morgan fingerprint density at radius 2 is 2.15 bits per heavy atom. The highest BCUT2D eigenvalue weighted by atomic mass is 127. The number of para-hydroxylation sites is 1. The van der Waals surface area contributed by atoms with Crippen LogP contribution in [0.5, 0.6) is 5.75 Å². The number of benzene rings is 1. The SMILES string of the molecule is CCOc1ccccc1C(=O)Cn1cncc(I)c1=O. The minimum absolute atomic E-state index is 0.0488. The average molecular weight is 384 g/mol. The second kappa shape index (κ2) is 6.65. The molecule has 0 aliphatic rings. The van der Waals surface area contributed by atoms with Crippen molar-refractivity contribution in [2.75, 3.05) is 6.61 Å². The zero-order valence-corrected chi connectivity index (χ0v) is 13.0. The van der Waals surface area contributed by atoms with Gasteiger partial charge in [0.1, 0.15) is 5.75 Å². The van der Waals surface area contributed by atoms with Crippen LogP contribution in [0, 0.1) is 3.57 Å². The van der Waals surface area contributed by atoms with Gasteiger partial charge < -0.3 is 4.74 Å². The summed E-state index contributed by atoms with van der Waals surface area (Å²) in [6.07, 6.45) is 2.84. The van der Waals surface area contributed by atoms with Crippen LogP contribution in [-0.2, 0) is 6.54 Å². The molecule has 20 heavy (non-hydrogen) atoms. The summed E-state index contributed by atoms with van der Waals surface area (Å²) in [4.78, 5) is 28.1. The predicted octanol–water partition coefficient (Wildman–Crippen LogP) is 2.13. The van der Waals surface area contributed by atoms with Crippen molar-refractivity contribution in [3.63, 3.8) is 0 Å². The third kappa shape index (κ3) is 3.24. The van der Waals surface area contributed by atoms with Crippen molar-refractivity contribution in [3.8, 4) is 5.75 Å². The Kier molecular flexibility index (Phi) is 4.89. The Balaban J connectivity index is 2.29. The number of hydrogen-bond donors (Lipinski definition) is 0. The van der Waals surface area contributed by atoms with Crippen molar-refractivity contribution in [2.45, 2.75) is 13.5 Å². The molecule has 2 aromatic rings. The van der Waals surface area contributed by atoms with Gasteiger partial charge in [-0.05, 0) is 41.6 Å². The molecule has 6 heteroatoms. The van der Waals surface area contributed by atoms with Gasteiger partial charge in [-0.15, -0.1) is 0 Å². The first-order valence-electron chi connectivity index (χ1n) is 6.08. The van der Waals surface area contributed by atoms with Crippen molar-refractivity contribution in [1.82, 2.24) is 9.55 Å². The van der Waals surface area contributed by atoms with Crippen molar-refractivity contribution in [1.29, 1.82) is 0 Å². The van der Waals surface area contributed by atoms with Crippen LogP contribution >= 0.6 is 22.6 Å². The van der Waals surface area contributed by atoms with E-state index in [-0.39, 0.29) is 17.9 Å². The maximum absolute atomic E-state index is 12.3. The molecule has 0 aliphatic carbocycles. The van der Waals surface area contributed by atoms with E-state index in [1.165, 1.54) is 17.1 Å². The number of carbonyl (C=O) groups excluding carboxylic acids is 1. The van der Waals surface area contributed by atoms with Crippen molar-refractivity contribution >= 4 is 28.4 Å². The van der Waals surface area contributed by atoms with E-state index in [9.17, 15) is 9.59 Å². The summed E-state index contributed by atoms with van der Waals surface area (Å²) in [6.45, 7) is 2.29. The quantitative estimate of drug-likeness (QED) is 0.586. The van der Waals surface area contributed by atoms with Crippen molar-refractivity contribution < 1.29 is 9.53 Å². The molecule has 0 N–H and O–H groups in total. The second-order valence-electron chi connectivity index (χ2n) is 4.03. The number of rotatable bonds is 5. The Labute approximate surface area is 129 Å². The molecule has 5 nitrogen and oxygen atoms in total. The second-order valence-corrected chi connectivity index (χ2v) is 5.19. The monoisotopic (exact) mass is 384 g/mol. The van der Waals surface area contributed by atoms with Crippen LogP contribution in [0.4, 0.5) is 0 Å². The molecule has 0 unspecified atom stereocenters. The van der Waals surface area contributed by atoms with Gasteiger partial charge in [-0.1, -0.05) is 12.1 Å². The molecule has 0 saturated heterocycles. The van der Waals surface area contributed by atoms with E-state index in [2.05, 4.69) is 4.98 Å². The molecule has 2 rings (SSSR count). The topological polar surface area (TPSA) is 61.2 Å². The lowest BCUT2D eigenvalue weighted by Crippen LogP contribution is -2.26. The van der Waals surface area contributed by atoms with Gasteiger partial charge in [0.05, 0.1) is 28.6 Å². The van der Waals surface area contributed by atoms with E-state index in [1.54, 1.807) is 24.3 Å². The highest BCUT2D eigenvalue weighted by Crippen LogP contribution is 2.18. The lowest BCUT2D eigenvalue weighted by atomic mass is 10.1. The highest BCUT2D eigenvalue weighted by Gasteiger charge is 2.13. The zero-order valence-electron chi connectivity index (χ0n) is 10.9. The normalized spacial score (nSPS) is 10.3. The molecule has 0 bridgehead atoms. The summed E-state index contributed by atoms with van der Waals surface area (Å²) in [7, 11) is 0. The molecule has 1 aromatic heterocycles. The average Bonchev–Trinajstić information content (AvgIpc) is 2.45. The van der Waals surface area contributed by atoms with E-state index < -0.39 is 0 Å². The summed E-state index contributed by atoms with van der Waals surface area (Å²) >= 11 is 1.90. The van der Waals surface area contributed by atoms with E-state index in [0.717, 1.165) is 0 Å². The Morgan fingerprint density at radius 1 is 1.40 bits per heavy atom. The zero-order chi connectivity index (χ0) is 14.5. The third-order valence-electron chi connectivity index (χ3n) is 2.66. The fourth-order valence-corrected chi connectivity index (χ4v) is 2.23. The Morgan fingerprint density at radius 3 is 2.90 bits per heavy atom. The van der Waals surface area contributed by atoms with Crippen LogP contribution in [0.2, 0.25) is 0 Å². The van der Waals surface area contributed by atoms with Crippen LogP contribution in [0.25, 0.3) is 0 Å². The van der Waals surface area contributed by atoms with Crippen LogP contribution in [-0.4, -0.2) is 21.9 Å². The number of aromatic nitrogens is 2. The van der Waals surface area contributed by atoms with E-state index in [1.807, 2.05) is 29.5 Å². The summed E-state index contributed by atoms with van der Waals surface area (Å²) in [5.41, 5.74) is 0.253. The predicted molar refractivity (Wildman–Crippen MR) is 83.2 cm³/mol. The summed E-state index contributed by atoms with van der Waals surface area (Å²) in [6, 6.07) is 7.01. The molecule has 0 fully saturated rings. The molecule has 0 radical (unpaired) electrons. The molecule has 1 aromatic carbocycles. The molecular formula is C14H13IN2O3. The first kappa shape index (κ1) is 14.7. The number of ether oxygens (including phenoxy) is 1. The van der Waals surface area contributed by atoms with Crippen molar-refractivity contribution in [3.05, 3.63) is 56.3 Å². The van der Waals surface area contributed by atoms with Crippen molar-refractivity contribution in [2.24, 2.45) is 0 Å². The van der Waals surface area contributed by atoms with Gasteiger partial charge in [0.25, 0.3) is 5.56 Å². The van der Waals surface area contributed by atoms with Gasteiger partial charge in [-0.25, -0.2) is 4.98 Å². The van der Waals surface area contributed by atoms with Gasteiger partial charge in [-0.3, -0.25) is 14.2 Å². The van der Waals surface area contributed by atoms with Crippen LogP contribution in [0.1, 0.15) is 17.3 Å². The Bertz CT molecular complexity index is 682. The van der Waals surface area contributed by atoms with Gasteiger partial charge in [0, 0.05) is 6.20 Å². The lowest BCUT2D eigenvalue weighted by Gasteiger charge is -2.10. The number of Topliss-reactive ketones (excluding diaryl/α,β-unsaturated/α-hetero) is 1. The fourth-order valence-electron chi connectivity index (χ4n) is 1.75. The molecule has 0 atom stereocenters. The van der Waals surface area contributed by atoms with Gasteiger partial charge in [0.2, 0.25) is 0 Å². The molecular weight excluding hydrogens is 371 g/mol. The van der Waals surface area contributed by atoms with Gasteiger partial charge in [-0.2, -0.15) is 0 Å². The number of hydrogen-bond acceptors (Lipinski definition) is 4. The maximum Gasteiger partial charge on any atom is 0.267 e. The molecule has 0 saturated carbocycles. The van der Waals surface area contributed by atoms with E-state index in [4.69, 9.17) is 4.74 Å². The number of nitrogens with zero attached hydrogens (tertiary/aromatic N) is 2. The van der Waals surface area contributed by atoms with Crippen LogP contribution in [0.3, 0.4) is 0 Å². The fraction of sp³-hybridized carbons (Fsp3) is 0.214.